The molecule has 1 aromatic carbocycles. The first kappa shape index (κ1) is 25.9. The maximum atomic E-state index is 7.57. The van der Waals surface area contributed by atoms with Crippen molar-refractivity contribution in [2.75, 3.05) is 40.5 Å². The highest BCUT2D eigenvalue weighted by atomic mass is 16.5. The molecule has 7 rings (SSSR count). The van der Waals surface area contributed by atoms with E-state index in [4.69, 9.17) is 14.2 Å². The molecular weight excluding hydrogens is 484 g/mol. The molecule has 0 amide bonds. The summed E-state index contributed by atoms with van der Waals surface area (Å²) in [5, 5.41) is 2.54. The normalized spacial score (nSPS) is 36.9. The van der Waals surface area contributed by atoms with Crippen LogP contribution in [-0.4, -0.2) is 67.7 Å². The van der Waals surface area contributed by atoms with Crippen molar-refractivity contribution in [1.82, 2.24) is 9.88 Å². The predicted molar refractivity (Wildman–Crippen MR) is 155 cm³/mol. The van der Waals surface area contributed by atoms with E-state index in [1.54, 1.807) is 19.8 Å². The Bertz CT molecular complexity index is 1300. The van der Waals surface area contributed by atoms with Gasteiger partial charge in [0.25, 0.3) is 0 Å². The minimum Gasteiger partial charge on any atom is -0.383 e. The Kier molecular flexibility index (Phi) is 6.50. The van der Waals surface area contributed by atoms with Crippen molar-refractivity contribution in [3.63, 3.8) is 0 Å². The van der Waals surface area contributed by atoms with Gasteiger partial charge in [-0.05, 0) is 103 Å². The van der Waals surface area contributed by atoms with Crippen molar-refractivity contribution in [2.45, 2.75) is 81.5 Å². The third-order valence-electron chi connectivity index (χ3n) is 11.4. The smallest absolute Gasteiger partial charge is 0.0974 e. The van der Waals surface area contributed by atoms with Crippen LogP contribution in [0.25, 0.3) is 10.8 Å². The standard InChI is InChI=1S/C34H44N2O3/c1-32-12-10-28-21-27-6-7-29(36(16-18-37-2)17-19-38-3)22-33(27)13-14-34(28,39-33)31(32)9-8-30(32)25-5-4-24-11-15-35-23-26(24)20-25/h4-5,10-11,15,20-21,23,29-31H,6-9,12-14,16-19,22H2,1-3H3/t29?,30?,31-,32?,33-,34-/m1/s1. The van der Waals surface area contributed by atoms with Gasteiger partial charge < -0.3 is 14.2 Å². The summed E-state index contributed by atoms with van der Waals surface area (Å²) in [6.45, 7) is 6.01. The van der Waals surface area contributed by atoms with Crippen LogP contribution in [0.2, 0.25) is 0 Å². The van der Waals surface area contributed by atoms with Gasteiger partial charge in [-0.2, -0.15) is 0 Å². The van der Waals surface area contributed by atoms with Crippen LogP contribution in [0.5, 0.6) is 0 Å². The number of methoxy groups -OCH3 is 2. The molecular formula is C34H44N2O3. The maximum Gasteiger partial charge on any atom is 0.0974 e. The molecule has 5 aliphatic rings. The van der Waals surface area contributed by atoms with Gasteiger partial charge in [0.15, 0.2) is 0 Å². The minimum atomic E-state index is -0.116. The van der Waals surface area contributed by atoms with Crippen molar-refractivity contribution in [3.05, 3.63) is 65.5 Å². The first-order valence-electron chi connectivity index (χ1n) is 15.2. The van der Waals surface area contributed by atoms with Gasteiger partial charge in [-0.25, -0.2) is 0 Å². The van der Waals surface area contributed by atoms with Crippen molar-refractivity contribution < 1.29 is 14.2 Å². The number of nitrogens with zero attached hydrogens (tertiary/aromatic N) is 2. The molecule has 1 aromatic heterocycles. The predicted octanol–water partition coefficient (Wildman–Crippen LogP) is 6.44. The average Bonchev–Trinajstić information content (AvgIpc) is 3.47. The average molecular weight is 529 g/mol. The number of pyridine rings is 1. The number of allylic oxidation sites excluding steroid dienone is 1. The van der Waals surface area contributed by atoms with E-state index >= 15 is 0 Å². The molecule has 2 saturated carbocycles. The Hall–Kier alpha value is -2.05. The zero-order chi connectivity index (χ0) is 26.7. The molecule has 3 heterocycles. The molecule has 5 heteroatoms. The molecule has 5 nitrogen and oxygen atoms in total. The van der Waals surface area contributed by atoms with Crippen LogP contribution in [0.15, 0.2) is 60.0 Å². The van der Waals surface area contributed by atoms with Gasteiger partial charge in [0.2, 0.25) is 0 Å². The van der Waals surface area contributed by atoms with Crippen LogP contribution < -0.4 is 0 Å². The van der Waals surface area contributed by atoms with Crippen LogP contribution >= 0.6 is 0 Å². The highest BCUT2D eigenvalue weighted by Gasteiger charge is 2.66. The summed E-state index contributed by atoms with van der Waals surface area (Å²) < 4.78 is 18.5. The van der Waals surface area contributed by atoms with Gasteiger partial charge >= 0.3 is 0 Å². The molecule has 0 radical (unpaired) electrons. The lowest BCUT2D eigenvalue weighted by atomic mass is 9.58. The zero-order valence-electron chi connectivity index (χ0n) is 24.0. The first-order chi connectivity index (χ1) is 19.0. The highest BCUT2D eigenvalue weighted by molar-refractivity contribution is 5.82. The molecule has 6 atom stereocenters. The van der Waals surface area contributed by atoms with Gasteiger partial charge in [0, 0.05) is 51.1 Å². The van der Waals surface area contributed by atoms with Crippen LogP contribution in [0, 0.1) is 11.3 Å². The number of hydrogen-bond donors (Lipinski definition) is 0. The molecule has 3 unspecified atom stereocenters. The summed E-state index contributed by atoms with van der Waals surface area (Å²) in [6, 6.07) is 9.73. The molecule has 39 heavy (non-hydrogen) atoms. The molecule has 2 spiro atoms. The van der Waals surface area contributed by atoms with E-state index in [1.165, 1.54) is 41.2 Å². The first-order valence-corrected chi connectivity index (χ1v) is 15.2. The van der Waals surface area contributed by atoms with Crippen molar-refractivity contribution in [2.24, 2.45) is 11.3 Å². The van der Waals surface area contributed by atoms with Gasteiger partial charge in [0.1, 0.15) is 0 Å². The lowest BCUT2D eigenvalue weighted by Crippen LogP contribution is -2.55. The fraction of sp³-hybridized carbons (Fsp3) is 0.618. The second-order valence-corrected chi connectivity index (χ2v) is 13.1. The Morgan fingerprint density at radius 2 is 1.87 bits per heavy atom. The Labute approximate surface area is 233 Å². The molecule has 2 aliphatic heterocycles. The fourth-order valence-corrected chi connectivity index (χ4v) is 9.46. The third kappa shape index (κ3) is 3.99. The van der Waals surface area contributed by atoms with E-state index in [1.807, 2.05) is 12.4 Å². The van der Waals surface area contributed by atoms with E-state index in [9.17, 15) is 0 Å². The molecule has 3 fully saturated rings. The van der Waals surface area contributed by atoms with Crippen molar-refractivity contribution in [1.29, 1.82) is 0 Å². The largest absolute Gasteiger partial charge is 0.383 e. The minimum absolute atomic E-state index is 0.0936. The number of rotatable bonds is 8. The zero-order valence-corrected chi connectivity index (χ0v) is 24.0. The van der Waals surface area contributed by atoms with E-state index in [0.717, 1.165) is 58.4 Å². The second-order valence-electron chi connectivity index (χ2n) is 13.1. The maximum absolute atomic E-state index is 7.57. The quantitative estimate of drug-likeness (QED) is 0.395. The van der Waals surface area contributed by atoms with Crippen LogP contribution in [0.1, 0.15) is 69.8 Å². The molecule has 2 bridgehead atoms. The number of aromatic nitrogens is 1. The van der Waals surface area contributed by atoms with Gasteiger partial charge in [0.05, 0.1) is 24.4 Å². The molecule has 1 saturated heterocycles. The number of fused-ring (bicyclic) bond motifs is 2. The van der Waals surface area contributed by atoms with Crippen molar-refractivity contribution in [3.8, 4) is 0 Å². The van der Waals surface area contributed by atoms with Gasteiger partial charge in [-0.3, -0.25) is 9.88 Å². The summed E-state index contributed by atoms with van der Waals surface area (Å²) in [5.41, 5.74) is 4.56. The number of hydrogen-bond acceptors (Lipinski definition) is 5. The lowest BCUT2D eigenvalue weighted by Gasteiger charge is -2.55. The Morgan fingerprint density at radius 3 is 2.69 bits per heavy atom. The summed E-state index contributed by atoms with van der Waals surface area (Å²) in [4.78, 5) is 7.00. The summed E-state index contributed by atoms with van der Waals surface area (Å²) in [5.74, 6) is 1.12. The summed E-state index contributed by atoms with van der Waals surface area (Å²) >= 11 is 0. The topological polar surface area (TPSA) is 43.8 Å². The van der Waals surface area contributed by atoms with Crippen LogP contribution in [-0.2, 0) is 14.2 Å². The third-order valence-corrected chi connectivity index (χ3v) is 11.4. The van der Waals surface area contributed by atoms with E-state index in [2.05, 4.69) is 53.2 Å². The number of ether oxygens (including phenoxy) is 3. The van der Waals surface area contributed by atoms with E-state index < -0.39 is 0 Å². The fourth-order valence-electron chi connectivity index (χ4n) is 9.46. The molecule has 2 aromatic rings. The summed E-state index contributed by atoms with van der Waals surface area (Å²) in [6.07, 6.45) is 18.5. The van der Waals surface area contributed by atoms with E-state index in [-0.39, 0.29) is 16.6 Å². The van der Waals surface area contributed by atoms with Gasteiger partial charge in [-0.15, -0.1) is 0 Å². The molecule has 0 N–H and O–H groups in total. The monoisotopic (exact) mass is 528 g/mol. The lowest BCUT2D eigenvalue weighted by molar-refractivity contribution is -0.141. The van der Waals surface area contributed by atoms with E-state index in [0.29, 0.717) is 17.9 Å². The van der Waals surface area contributed by atoms with Gasteiger partial charge in [-0.1, -0.05) is 31.2 Å². The molecule has 3 aliphatic carbocycles. The Balaban J connectivity index is 1.18. The van der Waals surface area contributed by atoms with Crippen LogP contribution in [0.4, 0.5) is 0 Å². The Morgan fingerprint density at radius 1 is 1.03 bits per heavy atom. The van der Waals surface area contributed by atoms with Crippen LogP contribution in [0.3, 0.4) is 0 Å². The summed E-state index contributed by atoms with van der Waals surface area (Å²) in [7, 11) is 3.61. The second kappa shape index (κ2) is 9.80. The highest BCUT2D eigenvalue weighted by Crippen LogP contribution is 2.69. The van der Waals surface area contributed by atoms with Crippen molar-refractivity contribution >= 4 is 10.8 Å². The molecule has 208 valence electrons. The SMILES string of the molecule is COCCN(CCOC)C1CCC2=CC3=CCC4(C)C(c5ccc6ccncc6c5)CC[C@H]4[C@@]34CC[C@]2(C1)O4. The number of benzene rings is 1.